The maximum Gasteiger partial charge on any atom is 0.241 e. The molecular formula is C22H29N3O2S. The number of anilines is 1. The smallest absolute Gasteiger partial charge is 0.241 e. The molecule has 2 atom stereocenters. The van der Waals surface area contributed by atoms with Gasteiger partial charge in [-0.3, -0.25) is 4.90 Å². The van der Waals surface area contributed by atoms with Crippen LogP contribution in [0.4, 0.5) is 5.69 Å². The molecule has 2 aromatic carbocycles. The Morgan fingerprint density at radius 2 is 1.68 bits per heavy atom. The van der Waals surface area contributed by atoms with Gasteiger partial charge in [-0.1, -0.05) is 24.3 Å². The molecule has 1 aliphatic carbocycles. The fourth-order valence-electron chi connectivity index (χ4n) is 4.51. The number of hydrogen-bond donors (Lipinski definition) is 1. The van der Waals surface area contributed by atoms with Crippen molar-refractivity contribution >= 4 is 15.7 Å². The third kappa shape index (κ3) is 3.81. The second kappa shape index (κ2) is 7.85. The average Bonchev–Trinajstić information content (AvgIpc) is 3.22. The van der Waals surface area contributed by atoms with Crippen molar-refractivity contribution < 1.29 is 8.42 Å². The van der Waals surface area contributed by atoms with E-state index in [0.29, 0.717) is 4.90 Å². The van der Waals surface area contributed by atoms with Gasteiger partial charge in [0.15, 0.2) is 0 Å². The van der Waals surface area contributed by atoms with E-state index in [1.807, 2.05) is 43.3 Å². The summed E-state index contributed by atoms with van der Waals surface area (Å²) in [6.45, 7) is 2.12. The van der Waals surface area contributed by atoms with E-state index < -0.39 is 10.0 Å². The first kappa shape index (κ1) is 19.4. The second-order valence-corrected chi connectivity index (χ2v) is 9.75. The normalized spacial score (nSPS) is 22.8. The predicted octanol–water partition coefficient (Wildman–Crippen LogP) is 3.18. The quantitative estimate of drug-likeness (QED) is 0.839. The highest BCUT2D eigenvalue weighted by Gasteiger charge is 2.37. The van der Waals surface area contributed by atoms with Crippen LogP contribution in [0.25, 0.3) is 0 Å². The molecule has 0 amide bonds. The molecule has 1 aliphatic heterocycles. The van der Waals surface area contributed by atoms with E-state index in [0.717, 1.165) is 37.2 Å². The number of nitrogens with one attached hydrogen (secondary N) is 1. The van der Waals surface area contributed by atoms with Crippen molar-refractivity contribution in [1.82, 2.24) is 9.62 Å². The largest absolute Gasteiger partial charge is 0.378 e. The molecule has 1 saturated heterocycles. The summed E-state index contributed by atoms with van der Waals surface area (Å²) >= 11 is 0. The predicted molar refractivity (Wildman–Crippen MR) is 113 cm³/mol. The number of aryl methyl sites for hydroxylation is 1. The van der Waals surface area contributed by atoms with E-state index in [1.165, 1.54) is 18.4 Å². The molecule has 0 saturated carbocycles. The third-order valence-corrected chi connectivity index (χ3v) is 7.50. The summed E-state index contributed by atoms with van der Waals surface area (Å²) < 4.78 is 29.5. The van der Waals surface area contributed by atoms with Gasteiger partial charge in [-0.15, -0.1) is 0 Å². The molecule has 2 aliphatic rings. The van der Waals surface area contributed by atoms with Crippen molar-refractivity contribution in [2.75, 3.05) is 32.1 Å². The van der Waals surface area contributed by atoms with Crippen LogP contribution < -0.4 is 9.62 Å². The minimum Gasteiger partial charge on any atom is -0.378 e. The number of likely N-dealkylation sites (tertiary alicyclic amines) is 1. The Balaban J connectivity index is 1.65. The number of fused-ring (bicyclic) bond motifs is 1. The molecule has 1 fully saturated rings. The zero-order chi connectivity index (χ0) is 19.7. The molecule has 28 heavy (non-hydrogen) atoms. The van der Waals surface area contributed by atoms with Crippen LogP contribution in [-0.4, -0.2) is 46.5 Å². The molecule has 0 spiro atoms. The number of hydrogen-bond acceptors (Lipinski definition) is 4. The highest BCUT2D eigenvalue weighted by Crippen LogP contribution is 2.35. The molecule has 5 nitrogen and oxygen atoms in total. The van der Waals surface area contributed by atoms with Gasteiger partial charge >= 0.3 is 0 Å². The maximum absolute atomic E-state index is 13.2. The summed E-state index contributed by atoms with van der Waals surface area (Å²) in [6, 6.07) is 15.4. The van der Waals surface area contributed by atoms with Gasteiger partial charge in [0.1, 0.15) is 0 Å². The van der Waals surface area contributed by atoms with Crippen molar-refractivity contribution in [1.29, 1.82) is 0 Å². The van der Waals surface area contributed by atoms with Gasteiger partial charge in [0.25, 0.3) is 0 Å². The summed E-state index contributed by atoms with van der Waals surface area (Å²) in [5.41, 5.74) is 3.37. The van der Waals surface area contributed by atoms with E-state index in [-0.39, 0.29) is 12.1 Å². The molecule has 150 valence electrons. The lowest BCUT2D eigenvalue weighted by molar-refractivity contribution is 0.183. The molecule has 4 rings (SSSR count). The molecule has 0 radical (unpaired) electrons. The summed E-state index contributed by atoms with van der Waals surface area (Å²) in [5.74, 6) is 0. The Bertz CT molecular complexity index is 919. The second-order valence-electron chi connectivity index (χ2n) is 8.04. The maximum atomic E-state index is 13.2. The summed E-state index contributed by atoms with van der Waals surface area (Å²) in [7, 11) is 0.289. The van der Waals surface area contributed by atoms with Crippen LogP contribution in [0, 0.1) is 0 Å². The first-order valence-electron chi connectivity index (χ1n) is 10.1. The molecule has 6 heteroatoms. The zero-order valence-corrected chi connectivity index (χ0v) is 17.5. The SMILES string of the molecule is CN(C)c1ccc(S(=O)(=O)N[C@@H]2c3ccccc3CC[C@@H]2N2CCCC2)cc1. The number of benzene rings is 2. The standard InChI is InChI=1S/C22H29N3O2S/c1-24(2)18-10-12-19(13-11-18)28(26,27)23-22-20-8-4-3-7-17(20)9-14-21(22)25-15-5-6-16-25/h3-4,7-8,10-13,21-23H,5-6,9,14-16H2,1-2H3/t21-,22+/m0/s1. The van der Waals surface area contributed by atoms with Crippen molar-refractivity contribution in [3.8, 4) is 0 Å². The molecule has 0 aromatic heterocycles. The van der Waals surface area contributed by atoms with E-state index in [9.17, 15) is 8.42 Å². The van der Waals surface area contributed by atoms with E-state index in [4.69, 9.17) is 0 Å². The first-order valence-corrected chi connectivity index (χ1v) is 11.6. The Hall–Kier alpha value is -1.89. The minimum absolute atomic E-state index is 0.207. The summed E-state index contributed by atoms with van der Waals surface area (Å²) in [5, 5.41) is 0. The Labute approximate surface area is 168 Å². The molecule has 0 unspecified atom stereocenters. The average molecular weight is 400 g/mol. The molecule has 1 N–H and O–H groups in total. The lowest BCUT2D eigenvalue weighted by Crippen LogP contribution is -2.47. The van der Waals surface area contributed by atoms with Crippen LogP contribution in [0.2, 0.25) is 0 Å². The highest BCUT2D eigenvalue weighted by molar-refractivity contribution is 7.89. The van der Waals surface area contributed by atoms with E-state index in [2.05, 4.69) is 21.8 Å². The fourth-order valence-corrected chi connectivity index (χ4v) is 5.76. The Morgan fingerprint density at radius 3 is 2.36 bits per heavy atom. The van der Waals surface area contributed by atoms with Crippen molar-refractivity contribution in [3.05, 3.63) is 59.7 Å². The van der Waals surface area contributed by atoms with E-state index in [1.54, 1.807) is 12.1 Å². The monoisotopic (exact) mass is 399 g/mol. The third-order valence-electron chi connectivity index (χ3n) is 6.04. The number of nitrogens with zero attached hydrogens (tertiary/aromatic N) is 2. The highest BCUT2D eigenvalue weighted by atomic mass is 32.2. The van der Waals surface area contributed by atoms with Crippen molar-refractivity contribution in [2.45, 2.75) is 42.7 Å². The van der Waals surface area contributed by atoms with Crippen LogP contribution in [0.1, 0.15) is 36.4 Å². The van der Waals surface area contributed by atoms with E-state index >= 15 is 0 Å². The van der Waals surface area contributed by atoms with Gasteiger partial charge < -0.3 is 4.90 Å². The van der Waals surface area contributed by atoms with Gasteiger partial charge in [0.2, 0.25) is 10.0 Å². The lowest BCUT2D eigenvalue weighted by atomic mass is 9.84. The molecule has 1 heterocycles. The van der Waals surface area contributed by atoms with Crippen LogP contribution in [0.3, 0.4) is 0 Å². The fraction of sp³-hybridized carbons (Fsp3) is 0.455. The number of rotatable bonds is 5. The lowest BCUT2D eigenvalue weighted by Gasteiger charge is -2.39. The number of sulfonamides is 1. The van der Waals surface area contributed by atoms with Crippen LogP contribution in [-0.2, 0) is 16.4 Å². The molecular weight excluding hydrogens is 370 g/mol. The van der Waals surface area contributed by atoms with Crippen molar-refractivity contribution in [2.24, 2.45) is 0 Å². The molecule has 2 aromatic rings. The van der Waals surface area contributed by atoms with Gasteiger partial charge in [-0.25, -0.2) is 13.1 Å². The topological polar surface area (TPSA) is 52.7 Å². The van der Waals surface area contributed by atoms with Gasteiger partial charge in [0.05, 0.1) is 10.9 Å². The van der Waals surface area contributed by atoms with Crippen LogP contribution in [0.5, 0.6) is 0 Å². The Kier molecular flexibility index (Phi) is 5.45. The minimum atomic E-state index is -3.60. The van der Waals surface area contributed by atoms with Crippen LogP contribution in [0.15, 0.2) is 53.4 Å². The first-order chi connectivity index (χ1) is 13.5. The Morgan fingerprint density at radius 1 is 1.00 bits per heavy atom. The zero-order valence-electron chi connectivity index (χ0n) is 16.6. The van der Waals surface area contributed by atoms with Gasteiger partial charge in [-0.2, -0.15) is 0 Å². The molecule has 0 bridgehead atoms. The summed E-state index contributed by atoms with van der Waals surface area (Å²) in [4.78, 5) is 4.75. The van der Waals surface area contributed by atoms with Gasteiger partial charge in [0, 0.05) is 25.8 Å². The van der Waals surface area contributed by atoms with Gasteiger partial charge in [-0.05, 0) is 74.2 Å². The van der Waals surface area contributed by atoms with Crippen LogP contribution >= 0.6 is 0 Å². The summed E-state index contributed by atoms with van der Waals surface area (Å²) in [6.07, 6.45) is 4.39. The van der Waals surface area contributed by atoms with Crippen molar-refractivity contribution in [3.63, 3.8) is 0 Å².